The normalized spacial score (nSPS) is 12.4. The van der Waals surface area contributed by atoms with Gasteiger partial charge in [-0.2, -0.15) is 9.13 Å². The average Bonchev–Trinajstić information content (AvgIpc) is 3.47. The number of hydrogen-bond donors (Lipinski definition) is 0. The zero-order valence-electron chi connectivity index (χ0n) is 28.3. The number of ketones is 1. The first-order chi connectivity index (χ1) is 21.6. The standard InChI is InChI=1S/C42H49N2O/c1-28(2)34-21-15-22-35(29(3)4)40(34)43-25-26-44(41-36(30(5)6)23-16-24-37(41)31(7)8)42(43)38(32-17-11-9-12-18-32)27-39(45)33-19-13-10-14-20-33/h9-26,28-31,38H,27H2,1-8H3/q+1/t38-/m1/s1. The topological polar surface area (TPSA) is 25.9 Å². The van der Waals surface area contributed by atoms with Crippen LogP contribution in [-0.2, 0) is 0 Å². The number of nitrogens with zero attached hydrogens (tertiary/aromatic N) is 2. The van der Waals surface area contributed by atoms with Crippen molar-refractivity contribution in [3.8, 4) is 11.4 Å². The van der Waals surface area contributed by atoms with Gasteiger partial charge in [-0.1, -0.05) is 152 Å². The van der Waals surface area contributed by atoms with E-state index < -0.39 is 0 Å². The molecule has 4 aromatic carbocycles. The molecule has 0 spiro atoms. The van der Waals surface area contributed by atoms with Crippen molar-refractivity contribution in [1.29, 1.82) is 0 Å². The molecule has 3 heteroatoms. The number of hydrogen-bond acceptors (Lipinski definition) is 1. The maximum absolute atomic E-state index is 14.1. The van der Waals surface area contributed by atoms with E-state index in [1.165, 1.54) is 33.6 Å². The fourth-order valence-electron chi connectivity index (χ4n) is 6.67. The van der Waals surface area contributed by atoms with E-state index in [0.29, 0.717) is 30.1 Å². The van der Waals surface area contributed by atoms with Crippen LogP contribution < -0.4 is 4.57 Å². The van der Waals surface area contributed by atoms with Gasteiger partial charge < -0.3 is 0 Å². The first-order valence-corrected chi connectivity index (χ1v) is 16.6. The van der Waals surface area contributed by atoms with Crippen molar-refractivity contribution < 1.29 is 9.36 Å². The molecule has 232 valence electrons. The average molecular weight is 598 g/mol. The largest absolute Gasteiger partial charge is 0.294 e. The van der Waals surface area contributed by atoms with Gasteiger partial charge in [0.1, 0.15) is 23.8 Å². The SMILES string of the molecule is CC(C)c1cccc(C(C)C)c1-n1cc[n+](-c2c(C(C)C)cccc2C(C)C)c1[C@H](CC(=O)c1ccccc1)c1ccccc1. The number of aromatic nitrogens is 2. The second-order valence-corrected chi connectivity index (χ2v) is 13.5. The summed E-state index contributed by atoms with van der Waals surface area (Å²) in [6.45, 7) is 18.2. The molecule has 3 nitrogen and oxygen atoms in total. The summed E-state index contributed by atoms with van der Waals surface area (Å²) < 4.78 is 4.84. The summed E-state index contributed by atoms with van der Waals surface area (Å²) in [5.41, 5.74) is 9.60. The van der Waals surface area contributed by atoms with E-state index in [1.807, 2.05) is 30.3 Å². The van der Waals surface area contributed by atoms with E-state index in [0.717, 1.165) is 17.0 Å². The summed E-state index contributed by atoms with van der Waals surface area (Å²) in [7, 11) is 0. The van der Waals surface area contributed by atoms with Gasteiger partial charge in [-0.25, -0.2) is 0 Å². The van der Waals surface area contributed by atoms with E-state index in [1.54, 1.807) is 0 Å². The van der Waals surface area contributed by atoms with Crippen LogP contribution in [0.15, 0.2) is 109 Å². The Labute approximate surface area is 270 Å². The minimum Gasteiger partial charge on any atom is -0.294 e. The fraction of sp³-hybridized carbons (Fsp3) is 0.333. The van der Waals surface area contributed by atoms with Crippen LogP contribution in [0, 0.1) is 0 Å². The summed E-state index contributed by atoms with van der Waals surface area (Å²) in [6, 6.07) is 33.8. The quantitative estimate of drug-likeness (QED) is 0.110. The Bertz CT molecular complexity index is 1610. The number of rotatable bonds is 11. The van der Waals surface area contributed by atoms with Crippen molar-refractivity contribution in [3.05, 3.63) is 149 Å². The molecular weight excluding hydrogens is 548 g/mol. The number of carbonyl (C=O) groups excluding carboxylic acids is 1. The number of Topliss-reactive ketones (excluding diaryl/α,β-unsaturated/α-hetero) is 1. The molecule has 0 fully saturated rings. The Hall–Kier alpha value is -4.24. The highest BCUT2D eigenvalue weighted by Crippen LogP contribution is 2.37. The molecule has 0 bridgehead atoms. The van der Waals surface area contributed by atoms with Crippen molar-refractivity contribution in [3.63, 3.8) is 0 Å². The molecule has 1 heterocycles. The fourth-order valence-corrected chi connectivity index (χ4v) is 6.67. The lowest BCUT2D eigenvalue weighted by Crippen LogP contribution is -2.39. The van der Waals surface area contributed by atoms with Crippen LogP contribution in [0.2, 0.25) is 0 Å². The summed E-state index contributed by atoms with van der Waals surface area (Å²) in [5.74, 6) is 2.39. The lowest BCUT2D eigenvalue weighted by Gasteiger charge is -2.23. The predicted molar refractivity (Wildman–Crippen MR) is 187 cm³/mol. The maximum atomic E-state index is 14.1. The first kappa shape index (κ1) is 32.2. The Morgan fingerprint density at radius 2 is 1.07 bits per heavy atom. The van der Waals surface area contributed by atoms with Gasteiger partial charge in [0.25, 0.3) is 5.82 Å². The third-order valence-corrected chi connectivity index (χ3v) is 9.02. The molecule has 0 unspecified atom stereocenters. The molecule has 0 radical (unpaired) electrons. The monoisotopic (exact) mass is 597 g/mol. The Balaban J connectivity index is 1.91. The molecule has 5 aromatic rings. The molecule has 0 aliphatic carbocycles. The molecule has 0 saturated carbocycles. The minimum atomic E-state index is -0.186. The number of carbonyl (C=O) groups is 1. The van der Waals surface area contributed by atoms with Gasteiger partial charge in [0.2, 0.25) is 0 Å². The zero-order valence-corrected chi connectivity index (χ0v) is 28.3. The Morgan fingerprint density at radius 1 is 0.600 bits per heavy atom. The van der Waals surface area contributed by atoms with Gasteiger partial charge in [0.05, 0.1) is 5.92 Å². The van der Waals surface area contributed by atoms with Crippen LogP contribution in [-0.4, -0.2) is 10.4 Å². The van der Waals surface area contributed by atoms with Gasteiger partial charge in [-0.3, -0.25) is 4.79 Å². The molecule has 45 heavy (non-hydrogen) atoms. The zero-order chi connectivity index (χ0) is 32.2. The molecule has 0 aliphatic heterocycles. The third-order valence-electron chi connectivity index (χ3n) is 9.02. The molecule has 5 rings (SSSR count). The Morgan fingerprint density at radius 3 is 1.56 bits per heavy atom. The van der Waals surface area contributed by atoms with E-state index in [4.69, 9.17) is 0 Å². The Kier molecular flexibility index (Phi) is 9.87. The second-order valence-electron chi connectivity index (χ2n) is 13.5. The highest BCUT2D eigenvalue weighted by atomic mass is 16.1. The van der Waals surface area contributed by atoms with Crippen molar-refractivity contribution in [2.45, 2.75) is 91.4 Å². The van der Waals surface area contributed by atoms with Gasteiger partial charge in [0, 0.05) is 34.2 Å². The molecule has 0 saturated heterocycles. The molecular formula is C42H49N2O+. The van der Waals surface area contributed by atoms with Crippen LogP contribution >= 0.6 is 0 Å². The van der Waals surface area contributed by atoms with Crippen LogP contribution in [0.25, 0.3) is 11.4 Å². The van der Waals surface area contributed by atoms with Crippen molar-refractivity contribution >= 4 is 5.78 Å². The summed E-state index contributed by atoms with van der Waals surface area (Å²) >= 11 is 0. The second kappa shape index (κ2) is 13.8. The summed E-state index contributed by atoms with van der Waals surface area (Å²) in [5, 5.41) is 0. The molecule has 1 atom stereocenters. The number of benzene rings is 4. The number of para-hydroxylation sites is 2. The van der Waals surface area contributed by atoms with Crippen LogP contribution in [0.1, 0.15) is 135 Å². The first-order valence-electron chi connectivity index (χ1n) is 16.6. The van der Waals surface area contributed by atoms with Crippen molar-refractivity contribution in [1.82, 2.24) is 4.57 Å². The van der Waals surface area contributed by atoms with Crippen molar-refractivity contribution in [2.75, 3.05) is 0 Å². The molecule has 0 amide bonds. The van der Waals surface area contributed by atoms with Gasteiger partial charge in [0.15, 0.2) is 5.78 Å². The highest BCUT2D eigenvalue weighted by Gasteiger charge is 2.36. The summed E-state index contributed by atoms with van der Waals surface area (Å²) in [4.78, 5) is 14.1. The van der Waals surface area contributed by atoms with E-state index >= 15 is 0 Å². The smallest absolute Gasteiger partial charge is 0.274 e. The minimum absolute atomic E-state index is 0.145. The van der Waals surface area contributed by atoms with E-state index in [9.17, 15) is 4.79 Å². The van der Waals surface area contributed by atoms with E-state index in [-0.39, 0.29) is 11.7 Å². The van der Waals surface area contributed by atoms with Crippen LogP contribution in [0.3, 0.4) is 0 Å². The lowest BCUT2D eigenvalue weighted by atomic mass is 9.88. The molecule has 0 N–H and O–H groups in total. The summed E-state index contributed by atoms with van der Waals surface area (Å²) in [6.07, 6.45) is 4.85. The third kappa shape index (κ3) is 6.59. The maximum Gasteiger partial charge on any atom is 0.274 e. The molecule has 0 aliphatic rings. The lowest BCUT2D eigenvalue weighted by molar-refractivity contribution is -0.606. The number of imidazole rings is 1. The van der Waals surface area contributed by atoms with Gasteiger partial charge in [-0.05, 0) is 29.2 Å². The predicted octanol–water partition coefficient (Wildman–Crippen LogP) is 10.7. The van der Waals surface area contributed by atoms with Crippen molar-refractivity contribution in [2.24, 2.45) is 0 Å². The molecule has 1 aromatic heterocycles. The highest BCUT2D eigenvalue weighted by molar-refractivity contribution is 5.96. The van der Waals surface area contributed by atoms with Crippen LogP contribution in [0.4, 0.5) is 0 Å². The van der Waals surface area contributed by atoms with Gasteiger partial charge >= 0.3 is 0 Å². The van der Waals surface area contributed by atoms with Gasteiger partial charge in [-0.15, -0.1) is 0 Å². The van der Waals surface area contributed by atoms with E-state index in [2.05, 4.69) is 144 Å². The van der Waals surface area contributed by atoms with Crippen LogP contribution in [0.5, 0.6) is 0 Å².